The predicted molar refractivity (Wildman–Crippen MR) is 93.1 cm³/mol. The lowest BCUT2D eigenvalue weighted by molar-refractivity contribution is -0.121. The second-order valence-electron chi connectivity index (χ2n) is 5.52. The van der Waals surface area contributed by atoms with Gasteiger partial charge in [0.2, 0.25) is 5.91 Å². The summed E-state index contributed by atoms with van der Waals surface area (Å²) >= 11 is 3.52. The van der Waals surface area contributed by atoms with Crippen LogP contribution in [0.25, 0.3) is 0 Å². The van der Waals surface area contributed by atoms with Crippen molar-refractivity contribution in [1.29, 1.82) is 0 Å². The molecule has 0 saturated carbocycles. The molecule has 2 saturated heterocycles. The average Bonchev–Trinajstić information content (AvgIpc) is 3.18. The number of benzene rings is 1. The van der Waals surface area contributed by atoms with Gasteiger partial charge in [0.25, 0.3) is 0 Å². The first-order valence-corrected chi connectivity index (χ1v) is 9.67. The van der Waals surface area contributed by atoms with E-state index in [9.17, 15) is 4.79 Å². The predicted octanol–water partition coefficient (Wildman–Crippen LogP) is 1.50. The number of hydrogen-bond acceptors (Lipinski definition) is 6. The molecule has 120 valence electrons. The molecule has 1 amide bonds. The van der Waals surface area contributed by atoms with E-state index in [0.717, 1.165) is 24.3 Å². The van der Waals surface area contributed by atoms with Crippen LogP contribution in [-0.2, 0) is 10.5 Å². The lowest BCUT2D eigenvalue weighted by Crippen LogP contribution is -2.51. The molecule has 3 atom stereocenters. The first-order valence-electron chi connectivity index (χ1n) is 7.57. The van der Waals surface area contributed by atoms with Crippen molar-refractivity contribution in [2.24, 2.45) is 0 Å². The molecule has 3 rings (SSSR count). The van der Waals surface area contributed by atoms with Crippen molar-refractivity contribution >= 4 is 29.4 Å². The van der Waals surface area contributed by atoms with E-state index in [1.54, 1.807) is 23.5 Å². The van der Waals surface area contributed by atoms with Crippen molar-refractivity contribution in [3.05, 3.63) is 35.4 Å². The van der Waals surface area contributed by atoms with E-state index in [4.69, 9.17) is 0 Å². The van der Waals surface area contributed by atoms with Crippen molar-refractivity contribution in [2.45, 2.75) is 42.6 Å². The van der Waals surface area contributed by atoms with Gasteiger partial charge in [0.05, 0.1) is 5.25 Å². The van der Waals surface area contributed by atoms with Gasteiger partial charge in [-0.3, -0.25) is 10.1 Å². The van der Waals surface area contributed by atoms with Crippen LogP contribution in [0.2, 0.25) is 0 Å². The summed E-state index contributed by atoms with van der Waals surface area (Å²) in [6, 6.07) is 8.41. The van der Waals surface area contributed by atoms with E-state index in [0.29, 0.717) is 0 Å². The summed E-state index contributed by atoms with van der Waals surface area (Å²) in [7, 11) is 0. The Labute approximate surface area is 139 Å². The largest absolute Gasteiger partial charge is 0.326 e. The maximum Gasteiger partial charge on any atom is 0.235 e. The number of thioether (sulfide) groups is 2. The Morgan fingerprint density at radius 2 is 2.27 bits per heavy atom. The summed E-state index contributed by atoms with van der Waals surface area (Å²) < 4.78 is 0. The molecule has 0 bridgehead atoms. The van der Waals surface area contributed by atoms with Gasteiger partial charge in [-0.05, 0) is 36.6 Å². The lowest BCUT2D eigenvalue weighted by atomic mass is 10.1. The second kappa shape index (κ2) is 7.70. The number of hydrogen-bond donors (Lipinski definition) is 4. The molecule has 0 aliphatic carbocycles. The minimum absolute atomic E-state index is 0.0844. The fourth-order valence-electron chi connectivity index (χ4n) is 2.53. The summed E-state index contributed by atoms with van der Waals surface area (Å²) in [5.74, 6) is 2.15. The van der Waals surface area contributed by atoms with E-state index >= 15 is 0 Å². The number of amides is 1. The highest BCUT2D eigenvalue weighted by Crippen LogP contribution is 2.26. The fraction of sp³-hybridized carbons (Fsp3) is 0.533. The normalized spacial score (nSPS) is 28.0. The van der Waals surface area contributed by atoms with Crippen LogP contribution in [0.15, 0.2) is 24.3 Å². The number of carbonyl (C=O) groups is 1. The molecule has 2 aliphatic rings. The van der Waals surface area contributed by atoms with Crippen LogP contribution in [0.1, 0.15) is 24.0 Å². The molecule has 5 nitrogen and oxygen atoms in total. The third-order valence-electron chi connectivity index (χ3n) is 3.85. The molecule has 2 aliphatic heterocycles. The zero-order valence-electron chi connectivity index (χ0n) is 12.6. The van der Waals surface area contributed by atoms with Gasteiger partial charge >= 0.3 is 0 Å². The minimum atomic E-state index is -0.205. The topological polar surface area (TPSA) is 65.2 Å². The lowest BCUT2D eigenvalue weighted by Gasteiger charge is -2.16. The molecule has 22 heavy (non-hydrogen) atoms. The average molecular weight is 339 g/mol. The molecule has 0 aromatic heterocycles. The fourth-order valence-corrected chi connectivity index (χ4v) is 4.75. The van der Waals surface area contributed by atoms with Crippen LogP contribution < -0.4 is 21.5 Å². The first-order chi connectivity index (χ1) is 10.7. The van der Waals surface area contributed by atoms with Gasteiger partial charge in [-0.1, -0.05) is 24.3 Å². The quantitative estimate of drug-likeness (QED) is 0.653. The highest BCUT2D eigenvalue weighted by atomic mass is 32.2. The van der Waals surface area contributed by atoms with Crippen LogP contribution in [0.4, 0.5) is 0 Å². The van der Waals surface area contributed by atoms with Gasteiger partial charge in [0, 0.05) is 5.75 Å². The number of hydrazine groups is 1. The molecule has 0 spiro atoms. The molecule has 3 unspecified atom stereocenters. The van der Waals surface area contributed by atoms with E-state index in [-0.39, 0.29) is 22.9 Å². The standard InChI is InChI=1S/C15H22N4OS2/c1-10-5-2-3-6-11(10)9-22-15-17-14(18-19-15)16-13(20)12-7-4-8-21-12/h2-3,5-6,12,14-15,17-19H,4,7-9H2,1H3,(H,16,20). The van der Waals surface area contributed by atoms with Crippen LogP contribution >= 0.6 is 23.5 Å². The van der Waals surface area contributed by atoms with E-state index in [1.165, 1.54) is 11.1 Å². The van der Waals surface area contributed by atoms with Gasteiger partial charge < -0.3 is 5.32 Å². The van der Waals surface area contributed by atoms with Gasteiger partial charge in [0.1, 0.15) is 11.8 Å². The van der Waals surface area contributed by atoms with Gasteiger partial charge in [-0.2, -0.15) is 0 Å². The van der Waals surface area contributed by atoms with Gasteiger partial charge in [-0.25, -0.2) is 10.9 Å². The summed E-state index contributed by atoms with van der Waals surface area (Å²) in [6.07, 6.45) is 1.92. The Kier molecular flexibility index (Phi) is 5.65. The van der Waals surface area contributed by atoms with Crippen LogP contribution in [0.5, 0.6) is 0 Å². The Balaban J connectivity index is 1.42. The van der Waals surface area contributed by atoms with Crippen molar-refractivity contribution in [1.82, 2.24) is 21.5 Å². The van der Waals surface area contributed by atoms with Crippen molar-refractivity contribution in [3.63, 3.8) is 0 Å². The Hall–Kier alpha value is -0.730. The van der Waals surface area contributed by atoms with Crippen molar-refractivity contribution in [2.75, 3.05) is 5.75 Å². The molecule has 1 aromatic rings. The SMILES string of the molecule is Cc1ccccc1CSC1NNC(NC(=O)C2CCCS2)N1. The molecule has 2 fully saturated rings. The Morgan fingerprint density at radius 3 is 3.05 bits per heavy atom. The smallest absolute Gasteiger partial charge is 0.235 e. The van der Waals surface area contributed by atoms with Gasteiger partial charge in [-0.15, -0.1) is 23.5 Å². The molecule has 7 heteroatoms. The first kappa shape index (κ1) is 16.1. The monoisotopic (exact) mass is 338 g/mol. The highest BCUT2D eigenvalue weighted by molar-refractivity contribution is 8.00. The number of nitrogens with one attached hydrogen (secondary N) is 4. The summed E-state index contributed by atoms with van der Waals surface area (Å²) in [4.78, 5) is 12.1. The maximum absolute atomic E-state index is 12.1. The van der Waals surface area contributed by atoms with Crippen LogP contribution in [0.3, 0.4) is 0 Å². The minimum Gasteiger partial charge on any atom is -0.326 e. The molecule has 0 radical (unpaired) electrons. The van der Waals surface area contributed by atoms with Crippen molar-refractivity contribution < 1.29 is 4.79 Å². The van der Waals surface area contributed by atoms with Crippen LogP contribution in [0, 0.1) is 6.92 Å². The third kappa shape index (κ3) is 4.17. The molecular weight excluding hydrogens is 316 g/mol. The second-order valence-corrected chi connectivity index (χ2v) is 7.92. The Bertz CT molecular complexity index is 522. The molecule has 1 aromatic carbocycles. The van der Waals surface area contributed by atoms with E-state index in [2.05, 4.69) is 52.7 Å². The number of carbonyl (C=O) groups excluding carboxylic acids is 1. The number of rotatable bonds is 5. The molecule has 2 heterocycles. The summed E-state index contributed by atoms with van der Waals surface area (Å²) in [5.41, 5.74) is 8.99. The zero-order chi connectivity index (χ0) is 15.4. The van der Waals surface area contributed by atoms with Gasteiger partial charge in [0.15, 0.2) is 0 Å². The number of aryl methyl sites for hydroxylation is 1. The van der Waals surface area contributed by atoms with Crippen LogP contribution in [-0.4, -0.2) is 28.7 Å². The third-order valence-corrected chi connectivity index (χ3v) is 6.29. The summed E-state index contributed by atoms with van der Waals surface area (Å²) in [6.45, 7) is 2.13. The summed E-state index contributed by atoms with van der Waals surface area (Å²) in [5, 5.41) is 6.45. The molecular formula is C15H22N4OS2. The maximum atomic E-state index is 12.1. The van der Waals surface area contributed by atoms with E-state index < -0.39 is 0 Å². The van der Waals surface area contributed by atoms with E-state index in [1.807, 2.05) is 0 Å². The zero-order valence-corrected chi connectivity index (χ0v) is 14.2. The molecule has 4 N–H and O–H groups in total. The van der Waals surface area contributed by atoms with Crippen molar-refractivity contribution in [3.8, 4) is 0 Å². The Morgan fingerprint density at radius 1 is 1.41 bits per heavy atom. The highest BCUT2D eigenvalue weighted by Gasteiger charge is 2.28.